The summed E-state index contributed by atoms with van der Waals surface area (Å²) in [4.78, 5) is 0. The smallest absolute Gasteiger partial charge is 0.0408 e. The molecular formula is C7H11Cl. The van der Waals surface area contributed by atoms with Crippen LogP contribution in [-0.4, -0.2) is 5.38 Å². The van der Waals surface area contributed by atoms with Crippen molar-refractivity contribution in [3.05, 3.63) is 11.6 Å². The molecule has 0 heterocycles. The van der Waals surface area contributed by atoms with Crippen LogP contribution in [0.25, 0.3) is 0 Å². The van der Waals surface area contributed by atoms with Gasteiger partial charge in [0.2, 0.25) is 0 Å². The second-order valence-corrected chi connectivity index (χ2v) is 2.95. The van der Waals surface area contributed by atoms with Crippen molar-refractivity contribution in [3.63, 3.8) is 0 Å². The fourth-order valence-corrected chi connectivity index (χ4v) is 1.24. The third-order valence-corrected chi connectivity index (χ3v) is 2.24. The van der Waals surface area contributed by atoms with Gasteiger partial charge in [-0.1, -0.05) is 11.6 Å². The van der Waals surface area contributed by atoms with E-state index in [2.05, 4.69) is 19.9 Å². The van der Waals surface area contributed by atoms with Crippen LogP contribution in [0.1, 0.15) is 20.3 Å². The molecule has 46 valence electrons. The molecule has 0 N–H and O–H groups in total. The van der Waals surface area contributed by atoms with Gasteiger partial charge in [0.05, 0.1) is 0 Å². The van der Waals surface area contributed by atoms with Crippen LogP contribution in [0.5, 0.6) is 0 Å². The van der Waals surface area contributed by atoms with Gasteiger partial charge in [-0.3, -0.25) is 0 Å². The SMILES string of the molecule is C/C=C(/C)C1CC1Cl. The lowest BCUT2D eigenvalue weighted by Crippen LogP contribution is -1.79. The molecule has 0 saturated heterocycles. The third-order valence-electron chi connectivity index (χ3n) is 1.75. The molecule has 1 fully saturated rings. The Hall–Kier alpha value is 0.0300. The van der Waals surface area contributed by atoms with Crippen LogP contribution in [0.3, 0.4) is 0 Å². The molecule has 1 saturated carbocycles. The summed E-state index contributed by atoms with van der Waals surface area (Å²) < 4.78 is 0. The van der Waals surface area contributed by atoms with Gasteiger partial charge >= 0.3 is 0 Å². The molecule has 1 heteroatoms. The van der Waals surface area contributed by atoms with Crippen molar-refractivity contribution in [2.45, 2.75) is 25.6 Å². The van der Waals surface area contributed by atoms with Crippen molar-refractivity contribution in [2.75, 3.05) is 0 Å². The maximum absolute atomic E-state index is 5.78. The van der Waals surface area contributed by atoms with Gasteiger partial charge in [0.25, 0.3) is 0 Å². The average Bonchev–Trinajstić information content (AvgIpc) is 2.45. The van der Waals surface area contributed by atoms with Gasteiger partial charge in [-0.05, 0) is 26.2 Å². The molecule has 2 atom stereocenters. The molecule has 1 rings (SSSR count). The Morgan fingerprint density at radius 1 is 1.75 bits per heavy atom. The summed E-state index contributed by atoms with van der Waals surface area (Å²) in [6.07, 6.45) is 3.34. The van der Waals surface area contributed by atoms with E-state index in [0.717, 1.165) is 0 Å². The highest BCUT2D eigenvalue weighted by Crippen LogP contribution is 2.41. The number of hydrogen-bond donors (Lipinski definition) is 0. The van der Waals surface area contributed by atoms with E-state index in [4.69, 9.17) is 11.6 Å². The highest BCUT2D eigenvalue weighted by Gasteiger charge is 2.35. The molecular weight excluding hydrogens is 120 g/mol. The third kappa shape index (κ3) is 1.05. The van der Waals surface area contributed by atoms with Crippen LogP contribution in [0.4, 0.5) is 0 Å². The first-order chi connectivity index (χ1) is 3.75. The van der Waals surface area contributed by atoms with Crippen molar-refractivity contribution in [1.29, 1.82) is 0 Å². The van der Waals surface area contributed by atoms with E-state index in [1.54, 1.807) is 0 Å². The summed E-state index contributed by atoms with van der Waals surface area (Å²) in [5.41, 5.74) is 1.45. The Morgan fingerprint density at radius 3 is 2.38 bits per heavy atom. The molecule has 0 amide bonds. The van der Waals surface area contributed by atoms with E-state index in [0.29, 0.717) is 11.3 Å². The van der Waals surface area contributed by atoms with Crippen LogP contribution in [0.2, 0.25) is 0 Å². The van der Waals surface area contributed by atoms with E-state index in [1.807, 2.05) is 0 Å². The number of halogens is 1. The zero-order valence-electron chi connectivity index (χ0n) is 5.32. The first kappa shape index (κ1) is 6.15. The zero-order valence-corrected chi connectivity index (χ0v) is 6.07. The average molecular weight is 131 g/mol. The van der Waals surface area contributed by atoms with Crippen LogP contribution in [0.15, 0.2) is 11.6 Å². The maximum Gasteiger partial charge on any atom is 0.0408 e. The highest BCUT2D eigenvalue weighted by molar-refractivity contribution is 6.22. The monoisotopic (exact) mass is 130 g/mol. The fourth-order valence-electron chi connectivity index (χ4n) is 0.849. The molecule has 0 spiro atoms. The van der Waals surface area contributed by atoms with Crippen LogP contribution in [0, 0.1) is 5.92 Å². The molecule has 0 nitrogen and oxygen atoms in total. The van der Waals surface area contributed by atoms with Gasteiger partial charge in [0.15, 0.2) is 0 Å². The number of rotatable bonds is 1. The fraction of sp³-hybridized carbons (Fsp3) is 0.714. The summed E-state index contributed by atoms with van der Waals surface area (Å²) in [5, 5.41) is 0.450. The topological polar surface area (TPSA) is 0 Å². The summed E-state index contributed by atoms with van der Waals surface area (Å²) in [6.45, 7) is 4.21. The summed E-state index contributed by atoms with van der Waals surface area (Å²) in [7, 11) is 0. The molecule has 2 unspecified atom stereocenters. The minimum absolute atomic E-state index is 0.450. The van der Waals surface area contributed by atoms with Gasteiger partial charge < -0.3 is 0 Å². The molecule has 0 aromatic rings. The molecule has 1 aliphatic rings. The Morgan fingerprint density at radius 2 is 2.25 bits per heavy atom. The van der Waals surface area contributed by atoms with Crippen LogP contribution in [-0.2, 0) is 0 Å². The minimum atomic E-state index is 0.450. The van der Waals surface area contributed by atoms with Gasteiger partial charge in [-0.2, -0.15) is 0 Å². The van der Waals surface area contributed by atoms with Crippen LogP contribution < -0.4 is 0 Å². The van der Waals surface area contributed by atoms with Gasteiger partial charge in [-0.25, -0.2) is 0 Å². The van der Waals surface area contributed by atoms with Crippen molar-refractivity contribution in [3.8, 4) is 0 Å². The minimum Gasteiger partial charge on any atom is -0.122 e. The Kier molecular flexibility index (Phi) is 1.62. The quantitative estimate of drug-likeness (QED) is 0.378. The second-order valence-electron chi connectivity index (χ2n) is 2.39. The molecule has 0 aliphatic heterocycles. The van der Waals surface area contributed by atoms with E-state index in [9.17, 15) is 0 Å². The normalized spacial score (nSPS) is 37.6. The van der Waals surface area contributed by atoms with Crippen molar-refractivity contribution in [1.82, 2.24) is 0 Å². The van der Waals surface area contributed by atoms with E-state index < -0.39 is 0 Å². The van der Waals surface area contributed by atoms with Gasteiger partial charge in [0, 0.05) is 5.38 Å². The molecule has 1 aliphatic carbocycles. The van der Waals surface area contributed by atoms with E-state index >= 15 is 0 Å². The number of hydrogen-bond acceptors (Lipinski definition) is 0. The predicted molar refractivity (Wildman–Crippen MR) is 37.2 cm³/mol. The van der Waals surface area contributed by atoms with Crippen molar-refractivity contribution in [2.24, 2.45) is 5.92 Å². The number of alkyl halides is 1. The molecule has 0 aromatic carbocycles. The number of allylic oxidation sites excluding steroid dienone is 2. The highest BCUT2D eigenvalue weighted by atomic mass is 35.5. The van der Waals surface area contributed by atoms with Crippen molar-refractivity contribution < 1.29 is 0 Å². The summed E-state index contributed by atoms with van der Waals surface area (Å²) in [6, 6.07) is 0. The lowest BCUT2D eigenvalue weighted by molar-refractivity contribution is 1.00. The maximum atomic E-state index is 5.78. The van der Waals surface area contributed by atoms with E-state index in [1.165, 1.54) is 12.0 Å². The zero-order chi connectivity index (χ0) is 6.15. The predicted octanol–water partition coefficient (Wildman–Crippen LogP) is 2.58. The van der Waals surface area contributed by atoms with E-state index in [-0.39, 0.29) is 0 Å². The Labute approximate surface area is 55.5 Å². The van der Waals surface area contributed by atoms with Gasteiger partial charge in [-0.15, -0.1) is 11.6 Å². The summed E-state index contributed by atoms with van der Waals surface area (Å²) >= 11 is 5.78. The molecule has 0 radical (unpaired) electrons. The van der Waals surface area contributed by atoms with Crippen LogP contribution >= 0.6 is 11.6 Å². The molecule has 0 aromatic heterocycles. The first-order valence-electron chi connectivity index (χ1n) is 3.02. The van der Waals surface area contributed by atoms with Gasteiger partial charge in [0.1, 0.15) is 0 Å². The Bertz CT molecular complexity index is 116. The summed E-state index contributed by atoms with van der Waals surface area (Å²) in [5.74, 6) is 0.710. The Balaban J connectivity index is 2.39. The second kappa shape index (κ2) is 2.10. The largest absolute Gasteiger partial charge is 0.122 e. The lowest BCUT2D eigenvalue weighted by atomic mass is 10.2. The lowest BCUT2D eigenvalue weighted by Gasteiger charge is -1.90. The van der Waals surface area contributed by atoms with Crippen molar-refractivity contribution >= 4 is 11.6 Å². The molecule has 0 bridgehead atoms. The standard InChI is InChI=1S/C7H11Cl/c1-3-5(2)6-4-7(6)8/h3,6-7H,4H2,1-2H3/b5-3-. The first-order valence-corrected chi connectivity index (χ1v) is 3.46. The molecule has 8 heavy (non-hydrogen) atoms.